The number of nitrogens with one attached hydrogen (secondary N) is 2. The van der Waals surface area contributed by atoms with Crippen LogP contribution in [0.4, 0.5) is 10.7 Å². The monoisotopic (exact) mass is 516 g/mol. The van der Waals surface area contributed by atoms with Gasteiger partial charge in [0.25, 0.3) is 5.91 Å². The van der Waals surface area contributed by atoms with E-state index in [-0.39, 0.29) is 11.9 Å². The highest BCUT2D eigenvalue weighted by Gasteiger charge is 2.33. The summed E-state index contributed by atoms with van der Waals surface area (Å²) in [6.45, 7) is 6.15. The van der Waals surface area contributed by atoms with Crippen molar-refractivity contribution >= 4 is 39.5 Å². The van der Waals surface area contributed by atoms with Crippen molar-refractivity contribution in [1.82, 2.24) is 0 Å². The predicted molar refractivity (Wildman–Crippen MR) is 151 cm³/mol. The lowest BCUT2D eigenvalue weighted by molar-refractivity contribution is -0.926. The maximum absolute atomic E-state index is 13.1. The minimum atomic E-state index is -0.0693. The molecule has 4 aromatic rings. The Morgan fingerprint density at radius 1 is 0.972 bits per heavy atom. The summed E-state index contributed by atoms with van der Waals surface area (Å²) in [5.74, 6) is -0.0693. The molecule has 2 N–H and O–H groups in total. The lowest BCUT2D eigenvalue weighted by Gasteiger charge is -2.38. The number of hydrogen-bond acceptors (Lipinski definition) is 3. The number of anilines is 2. The van der Waals surface area contributed by atoms with E-state index in [1.165, 1.54) is 26.6 Å². The molecule has 1 saturated heterocycles. The third-order valence-electron chi connectivity index (χ3n) is 6.87. The van der Waals surface area contributed by atoms with Crippen LogP contribution in [0.2, 0.25) is 5.02 Å². The van der Waals surface area contributed by atoms with Crippen molar-refractivity contribution in [2.75, 3.05) is 36.4 Å². The van der Waals surface area contributed by atoms with E-state index in [2.05, 4.69) is 65.7 Å². The van der Waals surface area contributed by atoms with Crippen LogP contribution in [-0.2, 0) is 6.42 Å². The number of rotatable bonds is 7. The average molecular weight is 517 g/mol. The highest BCUT2D eigenvalue weighted by molar-refractivity contribution is 7.16. The number of benzene rings is 3. The van der Waals surface area contributed by atoms with E-state index in [9.17, 15) is 4.79 Å². The Balaban J connectivity index is 1.47. The summed E-state index contributed by atoms with van der Waals surface area (Å²) >= 11 is 7.95. The van der Waals surface area contributed by atoms with Crippen LogP contribution in [0.3, 0.4) is 0 Å². The fraction of sp³-hybridized carbons (Fsp3) is 0.233. The molecule has 1 aliphatic heterocycles. The summed E-state index contributed by atoms with van der Waals surface area (Å²) in [7, 11) is 0. The van der Waals surface area contributed by atoms with E-state index < -0.39 is 0 Å². The zero-order valence-electron chi connectivity index (χ0n) is 20.4. The highest BCUT2D eigenvalue weighted by Crippen LogP contribution is 2.36. The van der Waals surface area contributed by atoms with Gasteiger partial charge in [-0.25, -0.2) is 0 Å². The number of carbonyl (C=O) groups excluding carboxylic acids is 1. The molecule has 1 fully saturated rings. The second-order valence-electron chi connectivity index (χ2n) is 9.14. The van der Waals surface area contributed by atoms with Gasteiger partial charge in [-0.05, 0) is 48.9 Å². The Kier molecular flexibility index (Phi) is 7.71. The molecule has 1 aliphatic rings. The van der Waals surface area contributed by atoms with E-state index >= 15 is 0 Å². The van der Waals surface area contributed by atoms with Gasteiger partial charge in [0.2, 0.25) is 0 Å². The largest absolute Gasteiger partial charge is 0.360 e. The highest BCUT2D eigenvalue weighted by atomic mass is 35.5. The molecule has 3 aromatic carbocycles. The molecule has 4 nitrogen and oxygen atoms in total. The van der Waals surface area contributed by atoms with Crippen LogP contribution < -0.4 is 15.1 Å². The van der Waals surface area contributed by atoms with Crippen LogP contribution in [0, 0.1) is 0 Å². The molecule has 2 heterocycles. The normalized spacial score (nSPS) is 15.0. The zero-order chi connectivity index (χ0) is 24.9. The van der Waals surface area contributed by atoms with Gasteiger partial charge in [0.05, 0.1) is 26.2 Å². The van der Waals surface area contributed by atoms with Crippen LogP contribution in [0.1, 0.15) is 39.3 Å². The third kappa shape index (κ3) is 5.49. The van der Waals surface area contributed by atoms with Crippen LogP contribution in [0.25, 0.3) is 0 Å². The van der Waals surface area contributed by atoms with E-state index in [0.717, 1.165) is 42.6 Å². The molecule has 36 heavy (non-hydrogen) atoms. The number of para-hydroxylation sites is 1. The standard InChI is InChI=1S/C30H30ClN3OS/c1-2-26-21-27(30(36-26)32-29(35)23-9-5-3-6-10-23)28(22-13-15-24(31)16-14-22)34-19-17-33(18-20-34)25-11-7-4-8-12-25/h3-16,21,28H,2,17-20H2,1H3,(H,32,35)/p+1/t28-/m0/s1. The molecule has 1 atom stereocenters. The topological polar surface area (TPSA) is 36.8 Å². The molecule has 0 aliphatic carbocycles. The first kappa shape index (κ1) is 24.6. The summed E-state index contributed by atoms with van der Waals surface area (Å²) in [6, 6.07) is 30.7. The van der Waals surface area contributed by atoms with Crippen molar-refractivity contribution in [3.63, 3.8) is 0 Å². The number of aryl methyl sites for hydroxylation is 1. The maximum Gasteiger partial charge on any atom is 0.256 e. The second kappa shape index (κ2) is 11.3. The van der Waals surface area contributed by atoms with E-state index in [1.54, 1.807) is 11.3 Å². The van der Waals surface area contributed by atoms with Gasteiger partial charge < -0.3 is 15.1 Å². The summed E-state index contributed by atoms with van der Waals surface area (Å²) < 4.78 is 0. The fourth-order valence-corrected chi connectivity index (χ4v) is 6.14. The molecule has 1 aromatic heterocycles. The van der Waals surface area contributed by atoms with Gasteiger partial charge in [-0.3, -0.25) is 4.79 Å². The number of nitrogens with zero attached hydrogens (tertiary/aromatic N) is 1. The van der Waals surface area contributed by atoms with Gasteiger partial charge >= 0.3 is 0 Å². The van der Waals surface area contributed by atoms with E-state index in [1.807, 2.05) is 42.5 Å². The lowest BCUT2D eigenvalue weighted by Crippen LogP contribution is -3.15. The van der Waals surface area contributed by atoms with Crippen LogP contribution in [-0.4, -0.2) is 32.1 Å². The Morgan fingerprint density at radius 2 is 1.61 bits per heavy atom. The Bertz CT molecular complexity index is 1280. The van der Waals surface area contributed by atoms with Crippen molar-refractivity contribution in [3.8, 4) is 0 Å². The molecule has 184 valence electrons. The number of carbonyl (C=O) groups is 1. The quantitative estimate of drug-likeness (QED) is 0.330. The number of amides is 1. The molecule has 0 spiro atoms. The first-order valence-electron chi connectivity index (χ1n) is 12.5. The minimum absolute atomic E-state index is 0.0693. The number of piperazine rings is 1. The first-order valence-corrected chi connectivity index (χ1v) is 13.7. The summed E-state index contributed by atoms with van der Waals surface area (Å²) in [6.07, 6.45) is 0.934. The number of quaternary nitrogens is 1. The van der Waals surface area contributed by atoms with E-state index in [0.29, 0.717) is 5.56 Å². The zero-order valence-corrected chi connectivity index (χ0v) is 22.0. The predicted octanol–water partition coefficient (Wildman–Crippen LogP) is 5.71. The van der Waals surface area contributed by atoms with Crippen molar-refractivity contribution in [2.24, 2.45) is 0 Å². The third-order valence-corrected chi connectivity index (χ3v) is 8.34. The van der Waals surface area contributed by atoms with Gasteiger partial charge in [-0.2, -0.15) is 0 Å². The van der Waals surface area contributed by atoms with Crippen LogP contribution in [0.5, 0.6) is 0 Å². The number of hydrogen-bond donors (Lipinski definition) is 2. The molecule has 0 radical (unpaired) electrons. The molecular formula is C30H31ClN3OS+. The van der Waals surface area contributed by atoms with Crippen molar-refractivity contribution in [2.45, 2.75) is 19.4 Å². The number of thiophene rings is 1. The SMILES string of the molecule is CCc1cc([C@H](c2ccc(Cl)cc2)[NH+]2CCN(c3ccccc3)CC2)c(NC(=O)c2ccccc2)s1. The fourth-order valence-electron chi connectivity index (χ4n) is 4.98. The molecule has 1 amide bonds. The Hall–Kier alpha value is -3.12. The van der Waals surface area contributed by atoms with Gasteiger partial charge in [0.1, 0.15) is 11.0 Å². The Labute approximate surface area is 222 Å². The lowest BCUT2D eigenvalue weighted by atomic mass is 9.97. The first-order chi connectivity index (χ1) is 17.6. The molecular weight excluding hydrogens is 486 g/mol. The van der Waals surface area contributed by atoms with Crippen molar-refractivity contribution in [1.29, 1.82) is 0 Å². The molecule has 0 bridgehead atoms. The van der Waals surface area contributed by atoms with Gasteiger partial charge in [0, 0.05) is 32.3 Å². The van der Waals surface area contributed by atoms with Gasteiger partial charge in [-0.15, -0.1) is 11.3 Å². The molecule has 6 heteroatoms. The van der Waals surface area contributed by atoms with Crippen LogP contribution >= 0.6 is 22.9 Å². The molecule has 5 rings (SSSR count). The molecule has 0 saturated carbocycles. The second-order valence-corrected chi connectivity index (χ2v) is 10.7. The minimum Gasteiger partial charge on any atom is -0.360 e. The van der Waals surface area contributed by atoms with Gasteiger partial charge in [-0.1, -0.05) is 67.1 Å². The summed E-state index contributed by atoms with van der Waals surface area (Å²) in [5, 5.41) is 4.92. The molecule has 0 unspecified atom stereocenters. The maximum atomic E-state index is 13.1. The summed E-state index contributed by atoms with van der Waals surface area (Å²) in [5.41, 5.74) is 4.35. The number of halogens is 1. The average Bonchev–Trinajstić information content (AvgIpc) is 3.33. The summed E-state index contributed by atoms with van der Waals surface area (Å²) in [4.78, 5) is 18.3. The van der Waals surface area contributed by atoms with Crippen LogP contribution in [0.15, 0.2) is 91.0 Å². The van der Waals surface area contributed by atoms with E-state index in [4.69, 9.17) is 11.6 Å². The van der Waals surface area contributed by atoms with Crippen molar-refractivity contribution < 1.29 is 9.69 Å². The van der Waals surface area contributed by atoms with Gasteiger partial charge in [0.15, 0.2) is 0 Å². The smallest absolute Gasteiger partial charge is 0.256 e. The van der Waals surface area contributed by atoms with Crippen molar-refractivity contribution in [3.05, 3.63) is 118 Å². The Morgan fingerprint density at radius 3 is 2.25 bits per heavy atom.